The van der Waals surface area contributed by atoms with Crippen LogP contribution in [0.4, 0.5) is 22.2 Å². The second-order valence-corrected chi connectivity index (χ2v) is 6.23. The molecule has 2 N–H and O–H groups in total. The van der Waals surface area contributed by atoms with Crippen LogP contribution in [0.3, 0.4) is 0 Å². The molecular formula is C16H17ClN6O2. The number of fused-ring (bicyclic) bond motifs is 1. The van der Waals surface area contributed by atoms with Crippen LogP contribution in [0.2, 0.25) is 5.02 Å². The van der Waals surface area contributed by atoms with E-state index in [0.29, 0.717) is 22.2 Å². The predicted octanol–water partition coefficient (Wildman–Crippen LogP) is 3.72. The molecule has 0 saturated carbocycles. The molecule has 0 aliphatic heterocycles. The van der Waals surface area contributed by atoms with Crippen molar-refractivity contribution < 1.29 is 9.90 Å². The third-order valence-corrected chi connectivity index (χ3v) is 3.95. The van der Waals surface area contributed by atoms with E-state index in [2.05, 4.69) is 20.5 Å². The van der Waals surface area contributed by atoms with Crippen molar-refractivity contribution in [2.24, 2.45) is 0 Å². The van der Waals surface area contributed by atoms with Gasteiger partial charge in [0, 0.05) is 18.4 Å². The topological polar surface area (TPSA) is 95.7 Å². The van der Waals surface area contributed by atoms with Crippen LogP contribution in [-0.4, -0.2) is 36.8 Å². The highest BCUT2D eigenvalue weighted by molar-refractivity contribution is 6.33. The molecule has 0 radical (unpaired) electrons. The van der Waals surface area contributed by atoms with Gasteiger partial charge in [0.25, 0.3) is 0 Å². The van der Waals surface area contributed by atoms with Gasteiger partial charge in [0.2, 0.25) is 11.6 Å². The first-order valence-corrected chi connectivity index (χ1v) is 8.01. The molecular weight excluding hydrogens is 344 g/mol. The lowest BCUT2D eigenvalue weighted by molar-refractivity contribution is 0.199. The summed E-state index contributed by atoms with van der Waals surface area (Å²) in [4.78, 5) is 17.0. The Morgan fingerprint density at radius 1 is 1.36 bits per heavy atom. The van der Waals surface area contributed by atoms with E-state index in [1.807, 2.05) is 19.1 Å². The second kappa shape index (κ2) is 6.56. The summed E-state index contributed by atoms with van der Waals surface area (Å²) < 4.78 is 1.58. The van der Waals surface area contributed by atoms with Crippen molar-refractivity contribution in [3.63, 3.8) is 0 Å². The number of amides is 1. The number of benzene rings is 1. The monoisotopic (exact) mass is 360 g/mol. The molecule has 0 fully saturated rings. The van der Waals surface area contributed by atoms with Gasteiger partial charge >= 0.3 is 6.09 Å². The van der Waals surface area contributed by atoms with Gasteiger partial charge in [-0.25, -0.2) is 14.7 Å². The maximum absolute atomic E-state index is 11.5. The summed E-state index contributed by atoms with van der Waals surface area (Å²) in [5.74, 6) is 0.640. The Hall–Kier alpha value is -2.87. The van der Waals surface area contributed by atoms with Gasteiger partial charge in [0.1, 0.15) is 0 Å². The predicted molar refractivity (Wildman–Crippen MR) is 95.9 cm³/mol. The fourth-order valence-corrected chi connectivity index (χ4v) is 2.63. The van der Waals surface area contributed by atoms with Crippen molar-refractivity contribution in [2.45, 2.75) is 26.8 Å². The fourth-order valence-electron chi connectivity index (χ4n) is 2.47. The van der Waals surface area contributed by atoms with Crippen LogP contribution in [0.5, 0.6) is 0 Å². The molecule has 1 aromatic carbocycles. The van der Waals surface area contributed by atoms with Gasteiger partial charge in [-0.1, -0.05) is 17.7 Å². The number of aromatic nitrogens is 4. The number of carbonyl (C=O) groups is 1. The van der Waals surface area contributed by atoms with Crippen LogP contribution in [-0.2, 0) is 0 Å². The first kappa shape index (κ1) is 17.0. The largest absolute Gasteiger partial charge is 0.465 e. The quantitative estimate of drug-likeness (QED) is 0.736. The van der Waals surface area contributed by atoms with Crippen molar-refractivity contribution >= 4 is 40.8 Å². The van der Waals surface area contributed by atoms with Gasteiger partial charge in [-0.15, -0.1) is 10.2 Å². The average Bonchev–Trinajstić information content (AvgIpc) is 2.95. The third-order valence-electron chi connectivity index (χ3n) is 3.62. The van der Waals surface area contributed by atoms with Crippen molar-refractivity contribution in [3.8, 4) is 0 Å². The summed E-state index contributed by atoms with van der Waals surface area (Å²) in [6, 6.07) is 5.30. The number of hydrogen-bond acceptors (Lipinski definition) is 5. The highest BCUT2D eigenvalue weighted by Gasteiger charge is 2.24. The van der Waals surface area contributed by atoms with Crippen LogP contribution in [0.15, 0.2) is 30.6 Å². The number of rotatable bonds is 4. The normalized spacial score (nSPS) is 11.1. The molecule has 0 aliphatic rings. The van der Waals surface area contributed by atoms with Crippen LogP contribution in [0.1, 0.15) is 19.4 Å². The maximum atomic E-state index is 11.5. The number of anilines is 3. The summed E-state index contributed by atoms with van der Waals surface area (Å²) in [5.41, 5.74) is 2.13. The average molecular weight is 361 g/mol. The third kappa shape index (κ3) is 3.20. The first-order valence-electron chi connectivity index (χ1n) is 7.63. The number of carboxylic acid groups (broad SMARTS) is 1. The molecule has 0 aliphatic carbocycles. The standard InChI is InChI=1S/C16H17ClN6O2/c1-9(2)23(16(24)25)15-21-20-14-13(18-6-7-22(14)15)19-12-8-10(3)4-5-11(12)17/h4-9H,1-3H3,(H,18,19)(H,24,25). The zero-order valence-electron chi connectivity index (χ0n) is 13.9. The Morgan fingerprint density at radius 2 is 2.12 bits per heavy atom. The Balaban J connectivity index is 2.07. The molecule has 9 heteroatoms. The Morgan fingerprint density at radius 3 is 2.80 bits per heavy atom. The van der Waals surface area contributed by atoms with E-state index in [0.717, 1.165) is 10.5 Å². The number of hydrogen-bond donors (Lipinski definition) is 2. The SMILES string of the molecule is Cc1ccc(Cl)c(Nc2nccn3c(N(C(=O)O)C(C)C)nnc23)c1. The van der Waals surface area contributed by atoms with E-state index >= 15 is 0 Å². The maximum Gasteiger partial charge on any atom is 0.414 e. The van der Waals surface area contributed by atoms with Gasteiger partial charge in [-0.05, 0) is 38.5 Å². The molecule has 0 saturated heterocycles. The smallest absolute Gasteiger partial charge is 0.414 e. The Bertz CT molecular complexity index is 940. The summed E-state index contributed by atoms with van der Waals surface area (Å²) in [7, 11) is 0. The minimum absolute atomic E-state index is 0.207. The van der Waals surface area contributed by atoms with Crippen molar-refractivity contribution in [2.75, 3.05) is 10.2 Å². The van der Waals surface area contributed by atoms with E-state index in [9.17, 15) is 9.90 Å². The molecule has 2 aromatic heterocycles. The molecule has 3 aromatic rings. The minimum Gasteiger partial charge on any atom is -0.465 e. The molecule has 8 nitrogen and oxygen atoms in total. The number of halogens is 1. The molecule has 0 bridgehead atoms. The first-order chi connectivity index (χ1) is 11.9. The van der Waals surface area contributed by atoms with Crippen LogP contribution in [0.25, 0.3) is 5.65 Å². The lowest BCUT2D eigenvalue weighted by Gasteiger charge is -2.20. The highest BCUT2D eigenvalue weighted by atomic mass is 35.5. The Kier molecular flexibility index (Phi) is 4.45. The van der Waals surface area contributed by atoms with Crippen molar-refractivity contribution in [3.05, 3.63) is 41.2 Å². The van der Waals surface area contributed by atoms with Crippen molar-refractivity contribution in [1.29, 1.82) is 0 Å². The van der Waals surface area contributed by atoms with Gasteiger partial charge in [-0.2, -0.15) is 0 Å². The van der Waals surface area contributed by atoms with E-state index in [4.69, 9.17) is 11.6 Å². The fraction of sp³-hybridized carbons (Fsp3) is 0.250. The van der Waals surface area contributed by atoms with E-state index in [1.54, 1.807) is 36.7 Å². The summed E-state index contributed by atoms with van der Waals surface area (Å²) in [6.45, 7) is 5.49. The summed E-state index contributed by atoms with van der Waals surface area (Å²) >= 11 is 6.22. The molecule has 25 heavy (non-hydrogen) atoms. The van der Waals surface area contributed by atoms with Crippen molar-refractivity contribution in [1.82, 2.24) is 19.6 Å². The van der Waals surface area contributed by atoms with Gasteiger partial charge in [0.05, 0.1) is 10.7 Å². The highest BCUT2D eigenvalue weighted by Crippen LogP contribution is 2.28. The molecule has 1 amide bonds. The van der Waals surface area contributed by atoms with Gasteiger partial charge in [0.15, 0.2) is 5.82 Å². The molecule has 130 valence electrons. The summed E-state index contributed by atoms with van der Waals surface area (Å²) in [6.07, 6.45) is 2.07. The number of nitrogens with zero attached hydrogens (tertiary/aromatic N) is 5. The van der Waals surface area contributed by atoms with E-state index in [-0.39, 0.29) is 12.0 Å². The van der Waals surface area contributed by atoms with E-state index in [1.165, 1.54) is 0 Å². The molecule has 0 spiro atoms. The van der Waals surface area contributed by atoms with Crippen LogP contribution in [0, 0.1) is 6.92 Å². The number of aryl methyl sites for hydroxylation is 1. The zero-order valence-corrected chi connectivity index (χ0v) is 14.7. The van der Waals surface area contributed by atoms with Gasteiger partial charge in [-0.3, -0.25) is 4.40 Å². The molecule has 0 unspecified atom stereocenters. The second-order valence-electron chi connectivity index (χ2n) is 5.82. The van der Waals surface area contributed by atoms with Gasteiger partial charge < -0.3 is 10.4 Å². The van der Waals surface area contributed by atoms with Crippen LogP contribution >= 0.6 is 11.6 Å². The number of nitrogens with one attached hydrogen (secondary N) is 1. The molecule has 2 heterocycles. The lowest BCUT2D eigenvalue weighted by atomic mass is 10.2. The van der Waals surface area contributed by atoms with Crippen LogP contribution < -0.4 is 10.2 Å². The molecule has 0 atom stereocenters. The Labute approximate surface area is 149 Å². The zero-order chi connectivity index (χ0) is 18.1. The lowest BCUT2D eigenvalue weighted by Crippen LogP contribution is -2.37. The molecule has 3 rings (SSSR count). The minimum atomic E-state index is -1.10. The van der Waals surface area contributed by atoms with E-state index < -0.39 is 6.09 Å². The summed E-state index contributed by atoms with van der Waals surface area (Å²) in [5, 5.41) is 21.2.